The number of carbonyl (C=O) groups excluding carboxylic acids is 1. The SMILES string of the molecule is NC(=O)C1(c2ccccc2)Oc2ccccc2OC1c1cn[nH]c1. The maximum absolute atomic E-state index is 12.6. The minimum atomic E-state index is -1.49. The molecule has 3 aromatic rings. The quantitative estimate of drug-likeness (QED) is 0.774. The molecule has 1 amide bonds. The second-order valence-electron chi connectivity index (χ2n) is 5.54. The molecule has 0 radical (unpaired) electrons. The van der Waals surface area contributed by atoms with E-state index in [2.05, 4.69) is 10.2 Å². The van der Waals surface area contributed by atoms with Crippen LogP contribution in [-0.2, 0) is 10.4 Å². The number of nitrogens with two attached hydrogens (primary N) is 1. The number of hydrogen-bond donors (Lipinski definition) is 2. The standard InChI is InChI=1S/C18H15N3O3/c19-17(22)18(13-6-2-1-3-7-13)16(12-10-20-21-11-12)23-14-8-4-5-9-15(14)24-18/h1-11,16H,(H2,19,22)(H,20,21). The van der Waals surface area contributed by atoms with Crippen molar-refractivity contribution in [1.29, 1.82) is 0 Å². The first-order valence-corrected chi connectivity index (χ1v) is 7.50. The molecule has 2 heterocycles. The minimum absolute atomic E-state index is 0.472. The van der Waals surface area contributed by atoms with Gasteiger partial charge in [-0.05, 0) is 12.1 Å². The summed E-state index contributed by atoms with van der Waals surface area (Å²) in [6.45, 7) is 0. The molecule has 6 nitrogen and oxygen atoms in total. The number of nitrogens with one attached hydrogen (secondary N) is 1. The highest BCUT2D eigenvalue weighted by Crippen LogP contribution is 2.49. The van der Waals surface area contributed by atoms with E-state index >= 15 is 0 Å². The Balaban J connectivity index is 1.96. The van der Waals surface area contributed by atoms with Crippen molar-refractivity contribution >= 4 is 5.91 Å². The highest BCUT2D eigenvalue weighted by atomic mass is 16.6. The number of carbonyl (C=O) groups is 1. The van der Waals surface area contributed by atoms with Crippen molar-refractivity contribution in [1.82, 2.24) is 10.2 Å². The molecule has 1 aromatic heterocycles. The van der Waals surface area contributed by atoms with Crippen LogP contribution in [0.2, 0.25) is 0 Å². The molecule has 2 aromatic carbocycles. The summed E-state index contributed by atoms with van der Waals surface area (Å²) in [6, 6.07) is 16.3. The van der Waals surface area contributed by atoms with Crippen LogP contribution < -0.4 is 15.2 Å². The van der Waals surface area contributed by atoms with Crippen LogP contribution in [0.5, 0.6) is 11.5 Å². The van der Waals surface area contributed by atoms with Gasteiger partial charge in [0, 0.05) is 17.3 Å². The average Bonchev–Trinajstić information content (AvgIpc) is 3.15. The number of hydrogen-bond acceptors (Lipinski definition) is 4. The Morgan fingerprint density at radius 3 is 2.46 bits per heavy atom. The number of amides is 1. The zero-order chi connectivity index (χ0) is 16.6. The van der Waals surface area contributed by atoms with Crippen molar-refractivity contribution in [2.45, 2.75) is 11.7 Å². The smallest absolute Gasteiger partial charge is 0.270 e. The maximum Gasteiger partial charge on any atom is 0.270 e. The van der Waals surface area contributed by atoms with Gasteiger partial charge in [-0.3, -0.25) is 9.89 Å². The first-order chi connectivity index (χ1) is 11.7. The summed E-state index contributed by atoms with van der Waals surface area (Å²) in [5.41, 5.74) is 5.62. The van der Waals surface area contributed by atoms with Crippen LogP contribution in [0.4, 0.5) is 0 Å². The predicted molar refractivity (Wildman–Crippen MR) is 86.3 cm³/mol. The number of nitrogens with zero attached hydrogens (tertiary/aromatic N) is 1. The van der Waals surface area contributed by atoms with Crippen molar-refractivity contribution in [3.8, 4) is 11.5 Å². The molecule has 1 aliphatic rings. The summed E-state index contributed by atoms with van der Waals surface area (Å²) in [7, 11) is 0. The summed E-state index contributed by atoms with van der Waals surface area (Å²) in [4.78, 5) is 12.6. The number of fused-ring (bicyclic) bond motifs is 1. The fraction of sp³-hybridized carbons (Fsp3) is 0.111. The van der Waals surface area contributed by atoms with E-state index in [4.69, 9.17) is 15.2 Å². The number of aromatic amines is 1. The second kappa shape index (κ2) is 5.42. The van der Waals surface area contributed by atoms with Gasteiger partial charge in [-0.25, -0.2) is 0 Å². The van der Waals surface area contributed by atoms with Gasteiger partial charge in [-0.1, -0.05) is 42.5 Å². The van der Waals surface area contributed by atoms with Gasteiger partial charge in [0.05, 0.1) is 6.20 Å². The maximum atomic E-state index is 12.6. The van der Waals surface area contributed by atoms with Crippen LogP contribution in [-0.4, -0.2) is 16.1 Å². The average molecular weight is 321 g/mol. The Hall–Kier alpha value is -3.28. The van der Waals surface area contributed by atoms with Crippen LogP contribution in [0.25, 0.3) is 0 Å². The van der Waals surface area contributed by atoms with E-state index in [0.29, 0.717) is 22.6 Å². The Morgan fingerprint density at radius 2 is 1.79 bits per heavy atom. The number of primary amides is 1. The molecule has 2 unspecified atom stereocenters. The highest BCUT2D eigenvalue weighted by molar-refractivity contribution is 5.87. The van der Waals surface area contributed by atoms with Gasteiger partial charge in [0.1, 0.15) is 0 Å². The fourth-order valence-corrected chi connectivity index (χ4v) is 2.99. The molecule has 2 atom stereocenters. The van der Waals surface area contributed by atoms with Crippen molar-refractivity contribution < 1.29 is 14.3 Å². The zero-order valence-corrected chi connectivity index (χ0v) is 12.7. The first-order valence-electron chi connectivity index (χ1n) is 7.50. The van der Waals surface area contributed by atoms with Crippen LogP contribution in [0.3, 0.4) is 0 Å². The van der Waals surface area contributed by atoms with Crippen LogP contribution in [0, 0.1) is 0 Å². The topological polar surface area (TPSA) is 90.2 Å². The normalized spacial score (nSPS) is 22.1. The molecule has 0 saturated heterocycles. The molecular weight excluding hydrogens is 306 g/mol. The summed E-state index contributed by atoms with van der Waals surface area (Å²) in [5, 5.41) is 6.70. The first kappa shape index (κ1) is 14.3. The molecule has 120 valence electrons. The van der Waals surface area contributed by atoms with Crippen molar-refractivity contribution in [2.24, 2.45) is 5.73 Å². The third-order valence-corrected chi connectivity index (χ3v) is 4.12. The van der Waals surface area contributed by atoms with Gasteiger partial charge < -0.3 is 15.2 Å². The van der Waals surface area contributed by atoms with Gasteiger partial charge in [-0.2, -0.15) is 5.10 Å². The molecule has 1 aliphatic heterocycles. The number of benzene rings is 2. The lowest BCUT2D eigenvalue weighted by atomic mass is 9.83. The van der Waals surface area contributed by atoms with E-state index in [-0.39, 0.29) is 0 Å². The monoisotopic (exact) mass is 321 g/mol. The third-order valence-electron chi connectivity index (χ3n) is 4.12. The molecule has 0 fully saturated rings. The highest BCUT2D eigenvalue weighted by Gasteiger charge is 2.54. The van der Waals surface area contributed by atoms with Crippen molar-refractivity contribution in [3.63, 3.8) is 0 Å². The van der Waals surface area contributed by atoms with Gasteiger partial charge in [0.2, 0.25) is 0 Å². The molecule has 24 heavy (non-hydrogen) atoms. The minimum Gasteiger partial charge on any atom is -0.477 e. The molecule has 3 N–H and O–H groups in total. The zero-order valence-electron chi connectivity index (χ0n) is 12.7. The molecule has 0 spiro atoms. The number of H-pyrrole nitrogens is 1. The van der Waals surface area contributed by atoms with Gasteiger partial charge in [0.15, 0.2) is 17.6 Å². The van der Waals surface area contributed by atoms with E-state index in [1.165, 1.54) is 0 Å². The summed E-state index contributed by atoms with van der Waals surface area (Å²) in [5.74, 6) is 0.394. The summed E-state index contributed by atoms with van der Waals surface area (Å²) < 4.78 is 12.3. The lowest BCUT2D eigenvalue weighted by Gasteiger charge is -2.42. The molecule has 0 aliphatic carbocycles. The second-order valence-corrected chi connectivity index (χ2v) is 5.54. The Morgan fingerprint density at radius 1 is 1.08 bits per heavy atom. The Labute approximate surface area is 138 Å². The van der Waals surface area contributed by atoms with Crippen LogP contribution in [0.1, 0.15) is 17.2 Å². The largest absolute Gasteiger partial charge is 0.477 e. The predicted octanol–water partition coefficient (Wildman–Crippen LogP) is 2.30. The van der Waals surface area contributed by atoms with Crippen molar-refractivity contribution in [2.75, 3.05) is 0 Å². The van der Waals surface area contributed by atoms with E-state index in [9.17, 15) is 4.79 Å². The Kier molecular flexibility index (Phi) is 3.23. The van der Waals surface area contributed by atoms with Gasteiger partial charge in [0.25, 0.3) is 11.5 Å². The summed E-state index contributed by atoms with van der Waals surface area (Å²) >= 11 is 0. The van der Waals surface area contributed by atoms with Crippen LogP contribution >= 0.6 is 0 Å². The van der Waals surface area contributed by atoms with E-state index in [1.54, 1.807) is 36.7 Å². The third kappa shape index (κ3) is 2.04. The van der Waals surface area contributed by atoms with Crippen molar-refractivity contribution in [3.05, 3.63) is 78.1 Å². The van der Waals surface area contributed by atoms with Gasteiger partial charge in [-0.15, -0.1) is 0 Å². The number of ether oxygens (including phenoxy) is 2. The van der Waals surface area contributed by atoms with E-state index in [0.717, 1.165) is 0 Å². The molecule has 0 bridgehead atoms. The Bertz CT molecular complexity index is 864. The number of rotatable bonds is 3. The number of aromatic nitrogens is 2. The lowest BCUT2D eigenvalue weighted by molar-refractivity contribution is -0.149. The molecular formula is C18H15N3O3. The number of para-hydroxylation sites is 2. The lowest BCUT2D eigenvalue weighted by Crippen LogP contribution is -2.54. The molecule has 6 heteroatoms. The van der Waals surface area contributed by atoms with E-state index in [1.807, 2.05) is 30.3 Å². The van der Waals surface area contributed by atoms with Gasteiger partial charge >= 0.3 is 0 Å². The summed E-state index contributed by atoms with van der Waals surface area (Å²) in [6.07, 6.45) is 2.51. The van der Waals surface area contributed by atoms with Crippen LogP contribution in [0.15, 0.2) is 67.0 Å². The molecule has 4 rings (SSSR count). The fourth-order valence-electron chi connectivity index (χ4n) is 2.99. The molecule has 0 saturated carbocycles. The van der Waals surface area contributed by atoms with E-state index < -0.39 is 17.6 Å².